The van der Waals surface area contributed by atoms with E-state index in [1.807, 2.05) is 85.8 Å². The number of aliphatic imine (C=N–C) groups is 1. The highest BCUT2D eigenvalue weighted by Crippen LogP contribution is 2.28. The molecule has 9 nitrogen and oxygen atoms in total. The molecule has 0 bridgehead atoms. The molecule has 1 heterocycles. The fourth-order valence-corrected chi connectivity index (χ4v) is 6.00. The minimum atomic E-state index is -1.45. The summed E-state index contributed by atoms with van der Waals surface area (Å²) in [7, 11) is 0. The molecule has 49 heavy (non-hydrogen) atoms. The number of rotatable bonds is 11. The monoisotopic (exact) mass is 660 g/mol. The summed E-state index contributed by atoms with van der Waals surface area (Å²) >= 11 is 0. The normalized spacial score (nSPS) is 16.4. The molecule has 1 saturated heterocycles. The first-order valence-corrected chi connectivity index (χ1v) is 16.6. The third-order valence-electron chi connectivity index (χ3n) is 8.33. The zero-order chi connectivity index (χ0) is 35.0. The fraction of sp³-hybridized carbons (Fsp3) is 0.300. The molecule has 0 spiro atoms. The summed E-state index contributed by atoms with van der Waals surface area (Å²) in [5.74, 6) is -1.37. The average Bonchev–Trinajstić information content (AvgIpc) is 3.53. The van der Waals surface area contributed by atoms with E-state index in [1.54, 1.807) is 39.0 Å². The molecule has 1 fully saturated rings. The summed E-state index contributed by atoms with van der Waals surface area (Å²) in [5.41, 5.74) is 3.96. The number of aryl methyl sites for hydroxylation is 1. The molecule has 9 heteroatoms. The topological polar surface area (TPSA) is 120 Å². The number of carboxylic acids is 1. The maximum Gasteiger partial charge on any atom is 0.408 e. The van der Waals surface area contributed by atoms with Crippen LogP contribution in [0.1, 0.15) is 67.5 Å². The number of nitrogens with one attached hydrogen (secondary N) is 2. The quantitative estimate of drug-likeness (QED) is 0.147. The van der Waals surface area contributed by atoms with Gasteiger partial charge in [0, 0.05) is 17.7 Å². The number of carbonyl (C=O) groups excluding carboxylic acids is 2. The summed E-state index contributed by atoms with van der Waals surface area (Å²) in [4.78, 5) is 47.1. The molecular weight excluding hydrogens is 616 g/mol. The van der Waals surface area contributed by atoms with Gasteiger partial charge in [-0.1, -0.05) is 109 Å². The van der Waals surface area contributed by atoms with Crippen molar-refractivity contribution in [3.05, 3.63) is 137 Å². The Bertz CT molecular complexity index is 1770. The van der Waals surface area contributed by atoms with Crippen molar-refractivity contribution in [2.45, 2.75) is 70.8 Å². The molecule has 5 rings (SSSR count). The molecule has 0 aromatic heterocycles. The molecule has 4 aromatic rings. The van der Waals surface area contributed by atoms with Crippen molar-refractivity contribution in [1.29, 1.82) is 0 Å². The number of carbonyl (C=O) groups is 3. The highest BCUT2D eigenvalue weighted by atomic mass is 16.6. The van der Waals surface area contributed by atoms with E-state index in [4.69, 9.17) is 9.73 Å². The van der Waals surface area contributed by atoms with Crippen LogP contribution in [0.15, 0.2) is 114 Å². The van der Waals surface area contributed by atoms with Crippen molar-refractivity contribution in [2.24, 2.45) is 4.99 Å². The van der Waals surface area contributed by atoms with Gasteiger partial charge in [-0.25, -0.2) is 9.59 Å². The molecule has 1 aliphatic heterocycles. The molecule has 0 unspecified atom stereocenters. The highest BCUT2D eigenvalue weighted by molar-refractivity contribution is 6.17. The lowest BCUT2D eigenvalue weighted by molar-refractivity contribution is -0.139. The van der Waals surface area contributed by atoms with Gasteiger partial charge in [-0.05, 0) is 64.3 Å². The molecule has 1 aliphatic rings. The molecular formula is C40H44N4O5. The number of likely N-dealkylation sites (tertiary alicyclic amines) is 1. The van der Waals surface area contributed by atoms with E-state index in [-0.39, 0.29) is 11.9 Å². The Balaban J connectivity index is 1.53. The largest absolute Gasteiger partial charge is 0.480 e. The fourth-order valence-electron chi connectivity index (χ4n) is 6.00. The third kappa shape index (κ3) is 9.42. The van der Waals surface area contributed by atoms with Crippen molar-refractivity contribution >= 4 is 29.4 Å². The lowest BCUT2D eigenvalue weighted by atomic mass is 9.96. The highest BCUT2D eigenvalue weighted by Gasteiger charge is 2.34. The van der Waals surface area contributed by atoms with Crippen LogP contribution in [0.5, 0.6) is 0 Å². The Morgan fingerprint density at radius 1 is 0.898 bits per heavy atom. The van der Waals surface area contributed by atoms with Crippen LogP contribution in [-0.4, -0.2) is 57.9 Å². The third-order valence-corrected chi connectivity index (χ3v) is 8.33. The minimum absolute atomic E-state index is 0.132. The predicted octanol–water partition coefficient (Wildman–Crippen LogP) is 7.15. The standard InChI is InChI=1S/C40H44N4O5/c1-27-21-23-30(24-22-27)35(43-39(48)49-40(2,3)4)36(38(46)47)42-34(29-16-9-6-10-17-29)31-18-11-12-19-32(31)41-37(45)33-20-13-25-44(33)26-28-14-7-5-8-15-28/h5-12,14-19,21-24,33,35-36H,13,20,25-26H2,1-4H3,(H,41,45)(H,43,48)(H,46,47)/t33-,35+,36-/m1/s1. The van der Waals surface area contributed by atoms with Gasteiger partial charge in [-0.2, -0.15) is 0 Å². The smallest absolute Gasteiger partial charge is 0.408 e. The number of aliphatic carboxylic acids is 1. The predicted molar refractivity (Wildman–Crippen MR) is 192 cm³/mol. The Morgan fingerprint density at radius 2 is 1.53 bits per heavy atom. The first kappa shape index (κ1) is 35.0. The minimum Gasteiger partial charge on any atom is -0.480 e. The zero-order valence-electron chi connectivity index (χ0n) is 28.4. The van der Waals surface area contributed by atoms with Crippen LogP contribution >= 0.6 is 0 Å². The van der Waals surface area contributed by atoms with E-state index >= 15 is 0 Å². The van der Waals surface area contributed by atoms with Gasteiger partial charge in [-0.15, -0.1) is 0 Å². The SMILES string of the molecule is Cc1ccc([C@H](NC(=O)OC(C)(C)C)[C@@H](N=C(c2ccccc2)c2ccccc2NC(=O)[C@H]2CCCN2Cc2ccccc2)C(=O)O)cc1. The van der Waals surface area contributed by atoms with E-state index in [1.165, 1.54) is 0 Å². The number of nitrogens with zero attached hydrogens (tertiary/aromatic N) is 2. The number of ether oxygens (including phenoxy) is 1. The van der Waals surface area contributed by atoms with Crippen LogP contribution in [0.4, 0.5) is 10.5 Å². The van der Waals surface area contributed by atoms with Gasteiger partial charge in [0.15, 0.2) is 6.04 Å². The second kappa shape index (κ2) is 15.7. The van der Waals surface area contributed by atoms with Crippen molar-refractivity contribution in [3.63, 3.8) is 0 Å². The maximum absolute atomic E-state index is 13.9. The van der Waals surface area contributed by atoms with Crippen molar-refractivity contribution in [2.75, 3.05) is 11.9 Å². The van der Waals surface area contributed by atoms with E-state index in [9.17, 15) is 19.5 Å². The van der Waals surface area contributed by atoms with Crippen molar-refractivity contribution in [1.82, 2.24) is 10.2 Å². The summed E-state index contributed by atoms with van der Waals surface area (Å²) in [6.45, 7) is 8.64. The average molecular weight is 661 g/mol. The summed E-state index contributed by atoms with van der Waals surface area (Å²) < 4.78 is 5.53. The Hall–Kier alpha value is -5.28. The van der Waals surface area contributed by atoms with Crippen LogP contribution < -0.4 is 10.6 Å². The summed E-state index contributed by atoms with van der Waals surface area (Å²) in [6, 6.07) is 31.0. The number of hydrogen-bond donors (Lipinski definition) is 3. The Labute approximate surface area is 288 Å². The molecule has 4 aromatic carbocycles. The number of amides is 2. The second-order valence-corrected chi connectivity index (χ2v) is 13.3. The van der Waals surface area contributed by atoms with Crippen LogP contribution in [-0.2, 0) is 20.9 Å². The van der Waals surface area contributed by atoms with Gasteiger partial charge in [0.1, 0.15) is 5.60 Å². The Morgan fingerprint density at radius 3 is 2.18 bits per heavy atom. The van der Waals surface area contributed by atoms with Gasteiger partial charge in [0.2, 0.25) is 5.91 Å². The van der Waals surface area contributed by atoms with E-state index in [2.05, 4.69) is 27.7 Å². The molecule has 0 radical (unpaired) electrons. The Kier molecular flexibility index (Phi) is 11.3. The van der Waals surface area contributed by atoms with Gasteiger partial charge < -0.3 is 20.5 Å². The number of alkyl carbamates (subject to hydrolysis) is 1. The van der Waals surface area contributed by atoms with Gasteiger partial charge in [-0.3, -0.25) is 14.7 Å². The van der Waals surface area contributed by atoms with E-state index in [0.29, 0.717) is 34.6 Å². The number of hydrogen-bond acceptors (Lipinski definition) is 6. The summed E-state index contributed by atoms with van der Waals surface area (Å²) in [5, 5.41) is 16.6. The number of anilines is 1. The zero-order valence-corrected chi connectivity index (χ0v) is 28.4. The number of benzene rings is 4. The van der Waals surface area contributed by atoms with Crippen LogP contribution in [0.25, 0.3) is 0 Å². The summed E-state index contributed by atoms with van der Waals surface area (Å²) in [6.07, 6.45) is 0.884. The first-order chi connectivity index (χ1) is 23.5. The van der Waals surface area contributed by atoms with Crippen molar-refractivity contribution < 1.29 is 24.2 Å². The lowest BCUT2D eigenvalue weighted by Crippen LogP contribution is -2.42. The molecule has 254 valence electrons. The van der Waals surface area contributed by atoms with E-state index in [0.717, 1.165) is 30.5 Å². The van der Waals surface area contributed by atoms with Gasteiger partial charge in [0.25, 0.3) is 0 Å². The maximum atomic E-state index is 13.9. The molecule has 0 aliphatic carbocycles. The molecule has 3 atom stereocenters. The number of carboxylic acid groups (broad SMARTS) is 1. The first-order valence-electron chi connectivity index (χ1n) is 16.6. The van der Waals surface area contributed by atoms with Crippen LogP contribution in [0.2, 0.25) is 0 Å². The molecule has 0 saturated carbocycles. The second-order valence-electron chi connectivity index (χ2n) is 13.3. The van der Waals surface area contributed by atoms with Gasteiger partial charge in [0.05, 0.1) is 23.5 Å². The van der Waals surface area contributed by atoms with E-state index < -0.39 is 29.7 Å². The van der Waals surface area contributed by atoms with Gasteiger partial charge >= 0.3 is 12.1 Å². The van der Waals surface area contributed by atoms with Crippen LogP contribution in [0, 0.1) is 6.92 Å². The lowest BCUT2D eigenvalue weighted by Gasteiger charge is -2.27. The number of para-hydroxylation sites is 1. The molecule has 3 N–H and O–H groups in total. The van der Waals surface area contributed by atoms with Crippen molar-refractivity contribution in [3.8, 4) is 0 Å². The molecule has 2 amide bonds. The van der Waals surface area contributed by atoms with Crippen LogP contribution in [0.3, 0.4) is 0 Å².